The van der Waals surface area contributed by atoms with Crippen LogP contribution in [0.25, 0.3) is 0 Å². The molecule has 1 amide bonds. The number of carbonyl (C=O) groups is 1. The highest BCUT2D eigenvalue weighted by Crippen LogP contribution is 2.15. The van der Waals surface area contributed by atoms with Crippen molar-refractivity contribution < 1.29 is 4.79 Å². The zero-order chi connectivity index (χ0) is 12.8. The maximum atomic E-state index is 11.9. The predicted octanol–water partition coefficient (Wildman–Crippen LogP) is 2.68. The Bertz CT molecular complexity index is 377. The van der Waals surface area contributed by atoms with Crippen LogP contribution in [0, 0.1) is 5.92 Å². The molecule has 1 aliphatic rings. The Hall–Kier alpha value is -1.06. The van der Waals surface area contributed by atoms with Gasteiger partial charge in [0.05, 0.1) is 6.04 Å². The van der Waals surface area contributed by atoms with E-state index in [1.54, 1.807) is 0 Å². The van der Waals surface area contributed by atoms with Crippen molar-refractivity contribution in [3.8, 4) is 0 Å². The average Bonchev–Trinajstić information content (AvgIpc) is 2.90. The molecule has 1 saturated heterocycles. The molecule has 3 nitrogen and oxygen atoms in total. The number of rotatable bonds is 5. The number of benzene rings is 1. The van der Waals surface area contributed by atoms with Gasteiger partial charge in [-0.15, -0.1) is 12.4 Å². The second-order valence-electron chi connectivity index (χ2n) is 5.10. The van der Waals surface area contributed by atoms with Gasteiger partial charge in [-0.1, -0.05) is 30.3 Å². The molecule has 1 aliphatic heterocycles. The van der Waals surface area contributed by atoms with E-state index >= 15 is 0 Å². The van der Waals surface area contributed by atoms with E-state index < -0.39 is 0 Å². The van der Waals surface area contributed by atoms with E-state index in [9.17, 15) is 4.79 Å². The fourth-order valence-electron chi connectivity index (χ4n) is 2.43. The Morgan fingerprint density at radius 1 is 1.42 bits per heavy atom. The number of carbonyl (C=O) groups excluding carboxylic acids is 1. The fraction of sp³-hybridized carbons (Fsp3) is 0.533. The van der Waals surface area contributed by atoms with Crippen LogP contribution in [0.1, 0.15) is 37.8 Å². The lowest BCUT2D eigenvalue weighted by Crippen LogP contribution is -2.27. The summed E-state index contributed by atoms with van der Waals surface area (Å²) in [5, 5.41) is 6.39. The highest BCUT2D eigenvalue weighted by Gasteiger charge is 2.16. The van der Waals surface area contributed by atoms with Crippen LogP contribution in [0.2, 0.25) is 0 Å². The monoisotopic (exact) mass is 282 g/mol. The summed E-state index contributed by atoms with van der Waals surface area (Å²) < 4.78 is 0. The smallest absolute Gasteiger partial charge is 0.220 e. The van der Waals surface area contributed by atoms with E-state index in [4.69, 9.17) is 0 Å². The molecular formula is C15H23ClN2O. The first kappa shape index (κ1) is 16.0. The molecule has 1 fully saturated rings. The van der Waals surface area contributed by atoms with Gasteiger partial charge in [0.25, 0.3) is 0 Å². The van der Waals surface area contributed by atoms with Crippen LogP contribution >= 0.6 is 12.4 Å². The van der Waals surface area contributed by atoms with Gasteiger partial charge < -0.3 is 10.6 Å². The van der Waals surface area contributed by atoms with E-state index in [1.165, 1.54) is 6.42 Å². The molecule has 1 heterocycles. The molecule has 1 aromatic rings. The third kappa shape index (κ3) is 5.21. The summed E-state index contributed by atoms with van der Waals surface area (Å²) in [6.45, 7) is 4.21. The Labute approximate surface area is 121 Å². The summed E-state index contributed by atoms with van der Waals surface area (Å²) in [5.74, 6) is 0.848. The highest BCUT2D eigenvalue weighted by atomic mass is 35.5. The van der Waals surface area contributed by atoms with Gasteiger partial charge in [-0.25, -0.2) is 0 Å². The van der Waals surface area contributed by atoms with Crippen molar-refractivity contribution in [3.63, 3.8) is 0 Å². The minimum Gasteiger partial charge on any atom is -0.350 e. The van der Waals surface area contributed by atoms with E-state index in [0.29, 0.717) is 12.3 Å². The highest BCUT2D eigenvalue weighted by molar-refractivity contribution is 5.85. The van der Waals surface area contributed by atoms with E-state index in [0.717, 1.165) is 25.1 Å². The zero-order valence-corrected chi connectivity index (χ0v) is 12.2. The molecule has 0 radical (unpaired) electrons. The van der Waals surface area contributed by atoms with Gasteiger partial charge in [-0.3, -0.25) is 4.79 Å². The molecular weight excluding hydrogens is 260 g/mol. The maximum absolute atomic E-state index is 11.9. The van der Waals surface area contributed by atoms with Crippen molar-refractivity contribution in [2.24, 2.45) is 5.92 Å². The van der Waals surface area contributed by atoms with Crippen LogP contribution in [0.4, 0.5) is 0 Å². The SMILES string of the molecule is CC(NC(=O)CCC1CCNC1)c1ccccc1.Cl. The van der Waals surface area contributed by atoms with Crippen LogP contribution in [0.5, 0.6) is 0 Å². The van der Waals surface area contributed by atoms with Crippen LogP contribution in [0.15, 0.2) is 30.3 Å². The Balaban J connectivity index is 0.00000180. The normalized spacial score (nSPS) is 19.5. The number of nitrogens with one attached hydrogen (secondary N) is 2. The number of hydrogen-bond acceptors (Lipinski definition) is 2. The van der Waals surface area contributed by atoms with Crippen molar-refractivity contribution in [1.29, 1.82) is 0 Å². The second kappa shape index (κ2) is 8.18. The summed E-state index contributed by atoms with van der Waals surface area (Å²) >= 11 is 0. The van der Waals surface area contributed by atoms with Crippen molar-refractivity contribution in [2.75, 3.05) is 13.1 Å². The van der Waals surface area contributed by atoms with Crippen molar-refractivity contribution in [1.82, 2.24) is 10.6 Å². The molecule has 2 atom stereocenters. The summed E-state index contributed by atoms with van der Waals surface area (Å²) in [5.41, 5.74) is 1.16. The van der Waals surface area contributed by atoms with Crippen LogP contribution in [-0.2, 0) is 4.79 Å². The molecule has 2 unspecified atom stereocenters. The van der Waals surface area contributed by atoms with Gasteiger partial charge in [-0.2, -0.15) is 0 Å². The fourth-order valence-corrected chi connectivity index (χ4v) is 2.43. The van der Waals surface area contributed by atoms with E-state index in [1.807, 2.05) is 37.3 Å². The van der Waals surface area contributed by atoms with Gasteiger partial charge in [0, 0.05) is 6.42 Å². The zero-order valence-electron chi connectivity index (χ0n) is 11.4. The van der Waals surface area contributed by atoms with Gasteiger partial charge in [0.2, 0.25) is 5.91 Å². The van der Waals surface area contributed by atoms with Crippen molar-refractivity contribution in [2.45, 2.75) is 32.2 Å². The lowest BCUT2D eigenvalue weighted by molar-refractivity contribution is -0.122. The molecule has 2 N–H and O–H groups in total. The first-order valence-electron chi connectivity index (χ1n) is 6.80. The first-order chi connectivity index (χ1) is 8.75. The molecule has 19 heavy (non-hydrogen) atoms. The predicted molar refractivity (Wildman–Crippen MR) is 80.5 cm³/mol. The standard InChI is InChI=1S/C15H22N2O.ClH/c1-12(14-5-3-2-4-6-14)17-15(18)8-7-13-9-10-16-11-13;/h2-6,12-13,16H,7-11H2,1H3,(H,17,18);1H. The van der Waals surface area contributed by atoms with Crippen LogP contribution in [-0.4, -0.2) is 19.0 Å². The van der Waals surface area contributed by atoms with Gasteiger partial charge >= 0.3 is 0 Å². The first-order valence-corrected chi connectivity index (χ1v) is 6.80. The quantitative estimate of drug-likeness (QED) is 0.872. The summed E-state index contributed by atoms with van der Waals surface area (Å²) in [6, 6.07) is 10.2. The van der Waals surface area contributed by atoms with Gasteiger partial charge in [-0.05, 0) is 44.3 Å². The lowest BCUT2D eigenvalue weighted by Gasteiger charge is -2.15. The molecule has 1 aromatic carbocycles. The summed E-state index contributed by atoms with van der Waals surface area (Å²) in [4.78, 5) is 11.9. The van der Waals surface area contributed by atoms with E-state index in [-0.39, 0.29) is 24.4 Å². The molecule has 0 aliphatic carbocycles. The Morgan fingerprint density at radius 3 is 2.79 bits per heavy atom. The number of hydrogen-bond donors (Lipinski definition) is 2. The molecule has 4 heteroatoms. The topological polar surface area (TPSA) is 41.1 Å². The number of halogens is 1. The molecule has 2 rings (SSSR count). The van der Waals surface area contributed by atoms with E-state index in [2.05, 4.69) is 10.6 Å². The maximum Gasteiger partial charge on any atom is 0.220 e. The third-order valence-corrected chi connectivity index (χ3v) is 3.62. The molecule has 0 saturated carbocycles. The molecule has 106 valence electrons. The van der Waals surface area contributed by atoms with Crippen molar-refractivity contribution >= 4 is 18.3 Å². The number of amides is 1. The van der Waals surface area contributed by atoms with Crippen LogP contribution < -0.4 is 10.6 Å². The lowest BCUT2D eigenvalue weighted by atomic mass is 10.0. The largest absolute Gasteiger partial charge is 0.350 e. The molecule has 0 spiro atoms. The average molecular weight is 283 g/mol. The van der Waals surface area contributed by atoms with Gasteiger partial charge in [0.1, 0.15) is 0 Å². The summed E-state index contributed by atoms with van der Waals surface area (Å²) in [7, 11) is 0. The molecule has 0 bridgehead atoms. The minimum atomic E-state index is 0. The summed E-state index contributed by atoms with van der Waals surface area (Å²) in [6.07, 6.45) is 2.85. The molecule has 0 aromatic heterocycles. The minimum absolute atomic E-state index is 0. The second-order valence-corrected chi connectivity index (χ2v) is 5.10. The van der Waals surface area contributed by atoms with Crippen LogP contribution in [0.3, 0.4) is 0 Å². The third-order valence-electron chi connectivity index (χ3n) is 3.62. The van der Waals surface area contributed by atoms with Crippen molar-refractivity contribution in [3.05, 3.63) is 35.9 Å². The Kier molecular flexibility index (Phi) is 6.89. The Morgan fingerprint density at radius 2 is 2.16 bits per heavy atom. The van der Waals surface area contributed by atoms with Gasteiger partial charge in [0.15, 0.2) is 0 Å².